The van der Waals surface area contributed by atoms with Gasteiger partial charge in [-0.2, -0.15) is 5.26 Å². The van der Waals surface area contributed by atoms with Crippen LogP contribution in [0.25, 0.3) is 0 Å². The van der Waals surface area contributed by atoms with Gasteiger partial charge < -0.3 is 10.6 Å². The van der Waals surface area contributed by atoms with E-state index in [0.29, 0.717) is 27.7 Å². The summed E-state index contributed by atoms with van der Waals surface area (Å²) in [5, 5.41) is 14.6. The standard InChI is InChI=1S/C21H15ClN4O2/c1-13-2-9-19(24-12-13)26-21(28)17-10-16(22)7-8-18(17)25-20(27)15-5-3-14(11-23)4-6-15/h2-10,12H,1H3,(H,25,27)(H,24,26,28). The van der Waals surface area contributed by atoms with E-state index in [9.17, 15) is 9.59 Å². The summed E-state index contributed by atoms with van der Waals surface area (Å²) in [6.45, 7) is 1.90. The van der Waals surface area contributed by atoms with E-state index in [0.717, 1.165) is 5.56 Å². The topological polar surface area (TPSA) is 94.9 Å². The Hall–Kier alpha value is -3.69. The van der Waals surface area contributed by atoms with Gasteiger partial charge in [0, 0.05) is 16.8 Å². The third-order valence-electron chi connectivity index (χ3n) is 3.90. The summed E-state index contributed by atoms with van der Waals surface area (Å²) >= 11 is 6.03. The molecule has 0 aliphatic carbocycles. The molecule has 0 spiro atoms. The molecule has 28 heavy (non-hydrogen) atoms. The number of benzene rings is 2. The molecule has 0 unspecified atom stereocenters. The summed E-state index contributed by atoms with van der Waals surface area (Å²) in [6.07, 6.45) is 1.64. The number of pyridine rings is 1. The van der Waals surface area contributed by atoms with Crippen molar-refractivity contribution in [3.8, 4) is 6.07 Å². The number of nitrogens with one attached hydrogen (secondary N) is 2. The van der Waals surface area contributed by atoms with Crippen LogP contribution >= 0.6 is 11.6 Å². The summed E-state index contributed by atoms with van der Waals surface area (Å²) in [6, 6.07) is 16.3. The van der Waals surface area contributed by atoms with Crippen LogP contribution in [0.1, 0.15) is 31.8 Å². The van der Waals surface area contributed by atoms with Crippen molar-refractivity contribution in [2.45, 2.75) is 6.92 Å². The lowest BCUT2D eigenvalue weighted by molar-refractivity contribution is 0.102. The lowest BCUT2D eigenvalue weighted by Gasteiger charge is -2.12. The predicted octanol–water partition coefficient (Wildman–Crippen LogP) is 4.42. The Balaban J connectivity index is 1.83. The Morgan fingerprint density at radius 1 is 1.00 bits per heavy atom. The van der Waals surface area contributed by atoms with Crippen molar-refractivity contribution in [1.82, 2.24) is 4.98 Å². The normalized spacial score (nSPS) is 10.0. The lowest BCUT2D eigenvalue weighted by Crippen LogP contribution is -2.18. The Morgan fingerprint density at radius 2 is 1.75 bits per heavy atom. The fraction of sp³-hybridized carbons (Fsp3) is 0.0476. The van der Waals surface area contributed by atoms with Gasteiger partial charge in [0.2, 0.25) is 0 Å². The fourth-order valence-electron chi connectivity index (χ4n) is 2.43. The maximum absolute atomic E-state index is 12.7. The number of hydrogen-bond acceptors (Lipinski definition) is 4. The molecule has 1 aromatic heterocycles. The largest absolute Gasteiger partial charge is 0.321 e. The average molecular weight is 391 g/mol. The number of nitriles is 1. The van der Waals surface area contributed by atoms with E-state index in [2.05, 4.69) is 15.6 Å². The molecule has 0 saturated carbocycles. The molecule has 0 saturated heterocycles. The highest BCUT2D eigenvalue weighted by atomic mass is 35.5. The van der Waals surface area contributed by atoms with E-state index in [-0.39, 0.29) is 5.56 Å². The van der Waals surface area contributed by atoms with Gasteiger partial charge in [-0.15, -0.1) is 0 Å². The van der Waals surface area contributed by atoms with Crippen LogP contribution in [0.5, 0.6) is 0 Å². The quantitative estimate of drug-likeness (QED) is 0.689. The molecule has 6 nitrogen and oxygen atoms in total. The number of rotatable bonds is 4. The summed E-state index contributed by atoms with van der Waals surface area (Å²) in [5.41, 5.74) is 2.30. The molecule has 138 valence electrons. The van der Waals surface area contributed by atoms with Crippen molar-refractivity contribution in [1.29, 1.82) is 5.26 Å². The first-order valence-electron chi connectivity index (χ1n) is 8.31. The Morgan fingerprint density at radius 3 is 2.39 bits per heavy atom. The van der Waals surface area contributed by atoms with E-state index in [1.54, 1.807) is 48.7 Å². The second-order valence-corrected chi connectivity index (χ2v) is 6.44. The number of nitrogens with zero attached hydrogens (tertiary/aromatic N) is 2. The first-order valence-corrected chi connectivity index (χ1v) is 8.69. The van der Waals surface area contributed by atoms with Crippen LogP contribution in [0, 0.1) is 18.3 Å². The number of carbonyl (C=O) groups excluding carboxylic acids is 2. The highest BCUT2D eigenvalue weighted by Gasteiger charge is 2.16. The van der Waals surface area contributed by atoms with Gasteiger partial charge in [-0.05, 0) is 61.0 Å². The number of hydrogen-bond donors (Lipinski definition) is 2. The minimum Gasteiger partial charge on any atom is -0.321 e. The van der Waals surface area contributed by atoms with E-state index in [1.807, 2.05) is 19.1 Å². The summed E-state index contributed by atoms with van der Waals surface area (Å²) in [5.74, 6) is -0.469. The van der Waals surface area contributed by atoms with E-state index >= 15 is 0 Å². The summed E-state index contributed by atoms with van der Waals surface area (Å²) in [7, 11) is 0. The number of amides is 2. The van der Waals surface area contributed by atoms with Crippen molar-refractivity contribution >= 4 is 34.9 Å². The van der Waals surface area contributed by atoms with Crippen LogP contribution in [-0.4, -0.2) is 16.8 Å². The van der Waals surface area contributed by atoms with Crippen LogP contribution < -0.4 is 10.6 Å². The van der Waals surface area contributed by atoms with Gasteiger partial charge >= 0.3 is 0 Å². The molecule has 2 N–H and O–H groups in total. The summed E-state index contributed by atoms with van der Waals surface area (Å²) in [4.78, 5) is 29.3. The maximum atomic E-state index is 12.7. The average Bonchev–Trinajstić information content (AvgIpc) is 2.71. The number of aryl methyl sites for hydroxylation is 1. The number of aromatic nitrogens is 1. The molecule has 3 rings (SSSR count). The molecular formula is C21H15ClN4O2. The van der Waals surface area contributed by atoms with Gasteiger partial charge in [0.05, 0.1) is 22.9 Å². The zero-order valence-electron chi connectivity index (χ0n) is 14.9. The highest BCUT2D eigenvalue weighted by Crippen LogP contribution is 2.23. The molecule has 0 aliphatic heterocycles. The molecule has 3 aromatic rings. The van der Waals surface area contributed by atoms with Crippen molar-refractivity contribution in [2.75, 3.05) is 10.6 Å². The molecule has 2 amide bonds. The summed E-state index contributed by atoms with van der Waals surface area (Å²) < 4.78 is 0. The first-order chi connectivity index (χ1) is 13.5. The van der Waals surface area contributed by atoms with Crippen LogP contribution in [-0.2, 0) is 0 Å². The highest BCUT2D eigenvalue weighted by molar-refractivity contribution is 6.31. The van der Waals surface area contributed by atoms with Crippen molar-refractivity contribution in [2.24, 2.45) is 0 Å². The van der Waals surface area contributed by atoms with Gasteiger partial charge in [0.1, 0.15) is 5.82 Å². The third-order valence-corrected chi connectivity index (χ3v) is 4.14. The third kappa shape index (κ3) is 4.53. The molecule has 0 radical (unpaired) electrons. The molecule has 0 aliphatic rings. The van der Waals surface area contributed by atoms with Crippen LogP contribution in [0.2, 0.25) is 5.02 Å². The van der Waals surface area contributed by atoms with Crippen LogP contribution in [0.15, 0.2) is 60.8 Å². The monoisotopic (exact) mass is 390 g/mol. The van der Waals surface area contributed by atoms with Crippen LogP contribution in [0.3, 0.4) is 0 Å². The van der Waals surface area contributed by atoms with E-state index in [1.165, 1.54) is 6.07 Å². The van der Waals surface area contributed by atoms with Crippen molar-refractivity contribution in [3.05, 3.63) is 88.1 Å². The fourth-order valence-corrected chi connectivity index (χ4v) is 2.60. The minimum atomic E-state index is -0.450. The van der Waals surface area contributed by atoms with Gasteiger partial charge in [0.15, 0.2) is 0 Å². The first kappa shape index (κ1) is 19.1. The molecule has 7 heteroatoms. The zero-order valence-corrected chi connectivity index (χ0v) is 15.6. The van der Waals surface area contributed by atoms with E-state index < -0.39 is 11.8 Å². The lowest BCUT2D eigenvalue weighted by atomic mass is 10.1. The SMILES string of the molecule is Cc1ccc(NC(=O)c2cc(Cl)ccc2NC(=O)c2ccc(C#N)cc2)nc1. The maximum Gasteiger partial charge on any atom is 0.258 e. The van der Waals surface area contributed by atoms with E-state index in [4.69, 9.17) is 16.9 Å². The zero-order chi connectivity index (χ0) is 20.1. The number of anilines is 2. The van der Waals surface area contributed by atoms with Crippen molar-refractivity contribution in [3.63, 3.8) is 0 Å². The molecule has 2 aromatic carbocycles. The predicted molar refractivity (Wildman–Crippen MR) is 107 cm³/mol. The number of carbonyl (C=O) groups is 2. The van der Waals surface area contributed by atoms with Crippen molar-refractivity contribution < 1.29 is 9.59 Å². The molecular weight excluding hydrogens is 376 g/mol. The van der Waals surface area contributed by atoms with Crippen LogP contribution in [0.4, 0.5) is 11.5 Å². The molecule has 0 fully saturated rings. The second kappa shape index (κ2) is 8.33. The Labute approximate surface area is 166 Å². The minimum absolute atomic E-state index is 0.205. The molecule has 0 bridgehead atoms. The van der Waals surface area contributed by atoms with Gasteiger partial charge in [-0.25, -0.2) is 4.98 Å². The van der Waals surface area contributed by atoms with Gasteiger partial charge in [-0.1, -0.05) is 17.7 Å². The smallest absolute Gasteiger partial charge is 0.258 e. The second-order valence-electron chi connectivity index (χ2n) is 6.01. The Bertz CT molecular complexity index is 1070. The van der Waals surface area contributed by atoms with Gasteiger partial charge in [0.25, 0.3) is 11.8 Å². The molecule has 1 heterocycles. The molecule has 0 atom stereocenters. The number of halogens is 1. The Kier molecular flexibility index (Phi) is 5.68. The van der Waals surface area contributed by atoms with Gasteiger partial charge in [-0.3, -0.25) is 9.59 Å².